The van der Waals surface area contributed by atoms with Gasteiger partial charge in [0.2, 0.25) is 0 Å². The first kappa shape index (κ1) is 12.6. The lowest BCUT2D eigenvalue weighted by Crippen LogP contribution is -2.26. The molecule has 1 heterocycles. The van der Waals surface area contributed by atoms with E-state index in [1.54, 1.807) is 0 Å². The Morgan fingerprint density at radius 3 is 2.82 bits per heavy atom. The van der Waals surface area contributed by atoms with Crippen LogP contribution < -0.4 is 5.32 Å². The van der Waals surface area contributed by atoms with Crippen LogP contribution in [-0.4, -0.2) is 37.3 Å². The number of hydrogen-bond acceptors (Lipinski definition) is 3. The van der Waals surface area contributed by atoms with Gasteiger partial charge in [0.15, 0.2) is 0 Å². The highest BCUT2D eigenvalue weighted by molar-refractivity contribution is 9.10. The van der Waals surface area contributed by atoms with Crippen molar-refractivity contribution in [3.63, 3.8) is 0 Å². The number of benzene rings is 1. The van der Waals surface area contributed by atoms with Gasteiger partial charge in [0.1, 0.15) is 0 Å². The third-order valence-corrected chi connectivity index (χ3v) is 3.60. The molecule has 0 spiro atoms. The van der Waals surface area contributed by atoms with Crippen LogP contribution in [0.1, 0.15) is 18.4 Å². The molecule has 0 aliphatic carbocycles. The molecule has 0 unspecified atom stereocenters. The quantitative estimate of drug-likeness (QED) is 0.820. The van der Waals surface area contributed by atoms with Crippen molar-refractivity contribution in [2.75, 3.05) is 31.5 Å². The Balaban J connectivity index is 1.87. The third-order valence-electron chi connectivity index (χ3n) is 3.11. The van der Waals surface area contributed by atoms with Crippen LogP contribution in [0.4, 0.5) is 5.69 Å². The Kier molecular flexibility index (Phi) is 4.57. The minimum atomic E-state index is 0.931. The van der Waals surface area contributed by atoms with Crippen molar-refractivity contribution in [3.05, 3.63) is 28.2 Å². The molecule has 92 valence electrons. The van der Waals surface area contributed by atoms with Crippen molar-refractivity contribution in [1.82, 2.24) is 4.90 Å². The lowest BCUT2D eigenvalue weighted by molar-refractivity contribution is 0.352. The molecule has 1 saturated heterocycles. The van der Waals surface area contributed by atoms with Crippen LogP contribution in [0.25, 0.3) is 0 Å². The fourth-order valence-corrected chi connectivity index (χ4v) is 2.55. The van der Waals surface area contributed by atoms with Crippen molar-refractivity contribution >= 4 is 27.8 Å². The highest BCUT2D eigenvalue weighted by Gasteiger charge is 2.10. The van der Waals surface area contributed by atoms with Gasteiger partial charge in [0.25, 0.3) is 0 Å². The van der Waals surface area contributed by atoms with Gasteiger partial charge in [-0.15, -0.1) is 0 Å². The maximum absolute atomic E-state index is 7.39. The Labute approximate surface area is 111 Å². The summed E-state index contributed by atoms with van der Waals surface area (Å²) in [6, 6.07) is 5.99. The van der Waals surface area contributed by atoms with E-state index in [9.17, 15) is 0 Å². The Bertz CT molecular complexity index is 386. The summed E-state index contributed by atoms with van der Waals surface area (Å²) in [7, 11) is 0. The Hall–Kier alpha value is -0.870. The molecule has 2 rings (SSSR count). The highest BCUT2D eigenvalue weighted by atomic mass is 79.9. The molecule has 0 saturated carbocycles. The van der Waals surface area contributed by atoms with Crippen LogP contribution in [0.5, 0.6) is 0 Å². The topological polar surface area (TPSA) is 39.1 Å². The molecule has 1 aliphatic rings. The second kappa shape index (κ2) is 6.17. The number of rotatable bonds is 5. The summed E-state index contributed by atoms with van der Waals surface area (Å²) in [5, 5.41) is 10.8. The molecule has 4 heteroatoms. The predicted molar refractivity (Wildman–Crippen MR) is 76.2 cm³/mol. The zero-order valence-electron chi connectivity index (χ0n) is 9.88. The molecule has 1 aliphatic heterocycles. The van der Waals surface area contributed by atoms with Crippen LogP contribution in [0, 0.1) is 5.41 Å². The van der Waals surface area contributed by atoms with E-state index in [0.717, 1.165) is 28.8 Å². The normalized spacial score (nSPS) is 16.1. The first-order valence-electron chi connectivity index (χ1n) is 6.06. The maximum atomic E-state index is 7.39. The van der Waals surface area contributed by atoms with E-state index in [1.807, 2.05) is 18.2 Å². The molecule has 2 N–H and O–H groups in total. The summed E-state index contributed by atoms with van der Waals surface area (Å²) >= 11 is 3.42. The highest BCUT2D eigenvalue weighted by Crippen LogP contribution is 2.19. The maximum Gasteiger partial charge on any atom is 0.0430 e. The molecule has 0 amide bonds. The zero-order chi connectivity index (χ0) is 12.1. The van der Waals surface area contributed by atoms with E-state index in [-0.39, 0.29) is 0 Å². The van der Waals surface area contributed by atoms with Crippen molar-refractivity contribution < 1.29 is 0 Å². The molecule has 17 heavy (non-hydrogen) atoms. The van der Waals surface area contributed by atoms with Gasteiger partial charge in [-0.3, -0.25) is 0 Å². The van der Waals surface area contributed by atoms with Gasteiger partial charge in [-0.2, -0.15) is 0 Å². The second-order valence-corrected chi connectivity index (χ2v) is 5.27. The van der Waals surface area contributed by atoms with E-state index < -0.39 is 0 Å². The fraction of sp³-hybridized carbons (Fsp3) is 0.462. The van der Waals surface area contributed by atoms with Gasteiger partial charge in [-0.1, -0.05) is 15.9 Å². The molecule has 0 aromatic heterocycles. The molecule has 0 bridgehead atoms. The molecule has 0 radical (unpaired) electrons. The number of hydrogen-bond donors (Lipinski definition) is 2. The number of likely N-dealkylation sites (tertiary alicyclic amines) is 1. The molecule has 1 aromatic carbocycles. The SMILES string of the molecule is N=Cc1cc(Br)ccc1NCCN1CCCC1. The molecule has 3 nitrogen and oxygen atoms in total. The van der Waals surface area contributed by atoms with E-state index in [4.69, 9.17) is 5.41 Å². The van der Waals surface area contributed by atoms with Gasteiger partial charge >= 0.3 is 0 Å². The predicted octanol–water partition coefficient (Wildman–Crippen LogP) is 2.95. The minimum absolute atomic E-state index is 0.931. The Morgan fingerprint density at radius 2 is 2.12 bits per heavy atom. The van der Waals surface area contributed by atoms with Gasteiger partial charge < -0.3 is 15.6 Å². The van der Waals surface area contributed by atoms with Crippen LogP contribution in [0.3, 0.4) is 0 Å². The second-order valence-electron chi connectivity index (χ2n) is 4.35. The van der Waals surface area contributed by atoms with Crippen molar-refractivity contribution in [2.45, 2.75) is 12.8 Å². The summed E-state index contributed by atoms with van der Waals surface area (Å²) < 4.78 is 1.01. The molecule has 0 atom stereocenters. The third kappa shape index (κ3) is 3.54. The first-order chi connectivity index (χ1) is 8.29. The lowest BCUT2D eigenvalue weighted by atomic mass is 10.2. The van der Waals surface area contributed by atoms with Crippen molar-refractivity contribution in [3.8, 4) is 0 Å². The van der Waals surface area contributed by atoms with E-state index in [2.05, 4.69) is 26.1 Å². The molecule has 1 fully saturated rings. The van der Waals surface area contributed by atoms with Crippen LogP contribution in [0.15, 0.2) is 22.7 Å². The monoisotopic (exact) mass is 295 g/mol. The van der Waals surface area contributed by atoms with Gasteiger partial charge in [-0.25, -0.2) is 0 Å². The largest absolute Gasteiger partial charge is 0.383 e. The smallest absolute Gasteiger partial charge is 0.0430 e. The summed E-state index contributed by atoms with van der Waals surface area (Å²) in [6.07, 6.45) is 4.07. The van der Waals surface area contributed by atoms with Gasteiger partial charge in [0.05, 0.1) is 0 Å². The molecule has 1 aromatic rings. The summed E-state index contributed by atoms with van der Waals surface area (Å²) in [6.45, 7) is 4.51. The number of anilines is 1. The fourth-order valence-electron chi connectivity index (χ4n) is 2.17. The average molecular weight is 296 g/mol. The Morgan fingerprint density at radius 1 is 1.35 bits per heavy atom. The van der Waals surface area contributed by atoms with Crippen LogP contribution >= 0.6 is 15.9 Å². The summed E-state index contributed by atoms with van der Waals surface area (Å²) in [4.78, 5) is 2.48. The standard InChI is InChI=1S/C13H18BrN3/c14-12-3-4-13(11(9-12)10-15)16-5-8-17-6-1-2-7-17/h3-4,9-10,15-16H,1-2,5-8H2. The van der Waals surface area contributed by atoms with E-state index >= 15 is 0 Å². The number of nitrogens with zero attached hydrogens (tertiary/aromatic N) is 1. The average Bonchev–Trinajstić information content (AvgIpc) is 2.84. The van der Waals surface area contributed by atoms with Crippen LogP contribution in [-0.2, 0) is 0 Å². The van der Waals surface area contributed by atoms with Gasteiger partial charge in [-0.05, 0) is 44.1 Å². The minimum Gasteiger partial charge on any atom is -0.383 e. The number of halogens is 1. The molecular formula is C13H18BrN3. The zero-order valence-corrected chi connectivity index (χ0v) is 11.5. The van der Waals surface area contributed by atoms with E-state index in [1.165, 1.54) is 32.1 Å². The lowest BCUT2D eigenvalue weighted by Gasteiger charge is -2.16. The van der Waals surface area contributed by atoms with E-state index in [0.29, 0.717) is 0 Å². The van der Waals surface area contributed by atoms with Gasteiger partial charge in [0, 0.05) is 35.0 Å². The van der Waals surface area contributed by atoms with Crippen molar-refractivity contribution in [2.24, 2.45) is 0 Å². The first-order valence-corrected chi connectivity index (χ1v) is 6.85. The van der Waals surface area contributed by atoms with Crippen molar-refractivity contribution in [1.29, 1.82) is 5.41 Å². The van der Waals surface area contributed by atoms with Crippen LogP contribution in [0.2, 0.25) is 0 Å². The summed E-state index contributed by atoms with van der Waals surface area (Å²) in [5.74, 6) is 0. The summed E-state index contributed by atoms with van der Waals surface area (Å²) in [5.41, 5.74) is 1.98. The number of nitrogens with one attached hydrogen (secondary N) is 2. The molecular weight excluding hydrogens is 278 g/mol.